The summed E-state index contributed by atoms with van der Waals surface area (Å²) in [5.41, 5.74) is 0. The molecular weight excluding hydrogens is 158 g/mol. The molecule has 0 unspecified atom stereocenters. The van der Waals surface area contributed by atoms with Gasteiger partial charge in [0.15, 0.2) is 0 Å². The molecule has 0 aliphatic carbocycles. The standard InChI is InChI=1S/C8H15NOS/c1-2-7-11-8-5-9-4-3-6-10/h1,9-10H,3-8H2. The van der Waals surface area contributed by atoms with Crippen LogP contribution in [0.5, 0.6) is 0 Å². The van der Waals surface area contributed by atoms with Crippen LogP contribution in [-0.4, -0.2) is 36.3 Å². The summed E-state index contributed by atoms with van der Waals surface area (Å²) in [5, 5.41) is 11.6. The van der Waals surface area contributed by atoms with Crippen LogP contribution in [0.2, 0.25) is 0 Å². The van der Waals surface area contributed by atoms with Crippen LogP contribution in [0.15, 0.2) is 0 Å². The first kappa shape index (κ1) is 10.8. The molecule has 0 spiro atoms. The first-order valence-corrected chi connectivity index (χ1v) is 4.90. The van der Waals surface area contributed by atoms with Crippen LogP contribution in [-0.2, 0) is 0 Å². The Kier molecular flexibility index (Phi) is 9.68. The fourth-order valence-corrected chi connectivity index (χ4v) is 1.16. The Hall–Kier alpha value is -0.170. The Morgan fingerprint density at radius 2 is 2.27 bits per heavy atom. The van der Waals surface area contributed by atoms with Crippen LogP contribution in [0.4, 0.5) is 0 Å². The molecule has 0 radical (unpaired) electrons. The molecule has 2 nitrogen and oxygen atoms in total. The summed E-state index contributed by atoms with van der Waals surface area (Å²) in [4.78, 5) is 0. The maximum absolute atomic E-state index is 8.44. The molecule has 0 aromatic rings. The predicted molar refractivity (Wildman–Crippen MR) is 50.7 cm³/mol. The lowest BCUT2D eigenvalue weighted by Crippen LogP contribution is -2.19. The van der Waals surface area contributed by atoms with E-state index in [0.29, 0.717) is 0 Å². The van der Waals surface area contributed by atoms with Crippen molar-refractivity contribution in [1.82, 2.24) is 5.32 Å². The topological polar surface area (TPSA) is 32.3 Å². The van der Waals surface area contributed by atoms with E-state index in [1.165, 1.54) is 0 Å². The summed E-state index contributed by atoms with van der Waals surface area (Å²) >= 11 is 1.75. The van der Waals surface area contributed by atoms with Crippen molar-refractivity contribution >= 4 is 11.8 Å². The van der Waals surface area contributed by atoms with Gasteiger partial charge in [-0.3, -0.25) is 0 Å². The molecule has 0 fully saturated rings. The highest BCUT2D eigenvalue weighted by atomic mass is 32.2. The lowest BCUT2D eigenvalue weighted by molar-refractivity contribution is 0.286. The van der Waals surface area contributed by atoms with Gasteiger partial charge in [0.1, 0.15) is 0 Å². The van der Waals surface area contributed by atoms with Crippen LogP contribution in [0, 0.1) is 12.3 Å². The summed E-state index contributed by atoms with van der Waals surface area (Å²) in [6.07, 6.45) is 5.90. The molecule has 2 N–H and O–H groups in total. The average molecular weight is 173 g/mol. The van der Waals surface area contributed by atoms with E-state index in [-0.39, 0.29) is 6.61 Å². The van der Waals surface area contributed by atoms with Gasteiger partial charge < -0.3 is 10.4 Å². The van der Waals surface area contributed by atoms with Gasteiger partial charge in [0.25, 0.3) is 0 Å². The molecule has 0 aromatic carbocycles. The van der Waals surface area contributed by atoms with Gasteiger partial charge in [0.05, 0.1) is 5.75 Å². The fraction of sp³-hybridized carbons (Fsp3) is 0.750. The van der Waals surface area contributed by atoms with Gasteiger partial charge in [-0.25, -0.2) is 0 Å². The van der Waals surface area contributed by atoms with Gasteiger partial charge in [-0.05, 0) is 13.0 Å². The van der Waals surface area contributed by atoms with E-state index in [2.05, 4.69) is 11.2 Å². The quantitative estimate of drug-likeness (QED) is 0.430. The molecule has 0 bridgehead atoms. The van der Waals surface area contributed by atoms with Crippen molar-refractivity contribution in [2.24, 2.45) is 0 Å². The zero-order chi connectivity index (χ0) is 8.36. The molecule has 0 saturated carbocycles. The Labute approximate surface area is 72.8 Å². The number of hydrogen-bond donors (Lipinski definition) is 2. The molecule has 0 rings (SSSR count). The van der Waals surface area contributed by atoms with Crippen LogP contribution in [0.3, 0.4) is 0 Å². The molecule has 11 heavy (non-hydrogen) atoms. The molecule has 0 aliphatic rings. The van der Waals surface area contributed by atoms with Crippen molar-refractivity contribution in [1.29, 1.82) is 0 Å². The number of aliphatic hydroxyl groups is 1. The third kappa shape index (κ3) is 9.83. The molecule has 0 aliphatic heterocycles. The summed E-state index contributed by atoms with van der Waals surface area (Å²) in [6.45, 7) is 2.14. The van der Waals surface area contributed by atoms with Crippen LogP contribution >= 0.6 is 11.8 Å². The molecule has 0 amide bonds. The number of thioether (sulfide) groups is 1. The third-order valence-electron chi connectivity index (χ3n) is 1.12. The second kappa shape index (κ2) is 9.83. The van der Waals surface area contributed by atoms with Crippen molar-refractivity contribution in [2.75, 3.05) is 31.2 Å². The van der Waals surface area contributed by atoms with E-state index in [1.54, 1.807) is 11.8 Å². The number of terminal acetylenes is 1. The Morgan fingerprint density at radius 1 is 1.45 bits per heavy atom. The number of rotatable bonds is 7. The minimum atomic E-state index is 0.268. The van der Waals surface area contributed by atoms with Crippen LogP contribution in [0.25, 0.3) is 0 Å². The van der Waals surface area contributed by atoms with Crippen LogP contribution < -0.4 is 5.32 Å². The van der Waals surface area contributed by atoms with E-state index < -0.39 is 0 Å². The van der Waals surface area contributed by atoms with E-state index in [4.69, 9.17) is 11.5 Å². The van der Waals surface area contributed by atoms with E-state index in [9.17, 15) is 0 Å². The summed E-state index contributed by atoms with van der Waals surface area (Å²) in [6, 6.07) is 0. The van der Waals surface area contributed by atoms with Gasteiger partial charge in [-0.2, -0.15) is 0 Å². The first-order chi connectivity index (χ1) is 5.41. The molecule has 0 atom stereocenters. The smallest absolute Gasteiger partial charge is 0.0545 e. The summed E-state index contributed by atoms with van der Waals surface area (Å²) < 4.78 is 0. The summed E-state index contributed by atoms with van der Waals surface area (Å²) in [7, 11) is 0. The lowest BCUT2D eigenvalue weighted by atomic mass is 10.4. The highest BCUT2D eigenvalue weighted by molar-refractivity contribution is 7.99. The molecular formula is C8H15NOS. The molecule has 0 aromatic heterocycles. The first-order valence-electron chi connectivity index (χ1n) is 3.74. The number of hydrogen-bond acceptors (Lipinski definition) is 3. The zero-order valence-corrected chi connectivity index (χ0v) is 7.49. The van der Waals surface area contributed by atoms with E-state index >= 15 is 0 Å². The van der Waals surface area contributed by atoms with Crippen molar-refractivity contribution in [2.45, 2.75) is 6.42 Å². The van der Waals surface area contributed by atoms with Crippen LogP contribution in [0.1, 0.15) is 6.42 Å². The Morgan fingerprint density at radius 3 is 2.91 bits per heavy atom. The maximum Gasteiger partial charge on any atom is 0.0545 e. The van der Waals surface area contributed by atoms with Gasteiger partial charge >= 0.3 is 0 Å². The predicted octanol–water partition coefficient (Wildman–Crippen LogP) is 0.325. The highest BCUT2D eigenvalue weighted by Crippen LogP contribution is 1.94. The minimum absolute atomic E-state index is 0.268. The second-order valence-corrected chi connectivity index (χ2v) is 3.19. The molecule has 64 valence electrons. The minimum Gasteiger partial charge on any atom is -0.396 e. The number of aliphatic hydroxyl groups excluding tert-OH is 1. The van der Waals surface area contributed by atoms with Gasteiger partial charge in [-0.1, -0.05) is 5.92 Å². The van der Waals surface area contributed by atoms with Gasteiger partial charge in [0, 0.05) is 18.9 Å². The van der Waals surface area contributed by atoms with Crippen molar-refractivity contribution in [3.63, 3.8) is 0 Å². The van der Waals surface area contributed by atoms with Crippen molar-refractivity contribution in [3.8, 4) is 12.3 Å². The fourth-order valence-electron chi connectivity index (χ4n) is 0.604. The highest BCUT2D eigenvalue weighted by Gasteiger charge is 1.86. The maximum atomic E-state index is 8.44. The number of nitrogens with one attached hydrogen (secondary N) is 1. The Bertz CT molecular complexity index is 111. The normalized spacial score (nSPS) is 9.45. The monoisotopic (exact) mass is 173 g/mol. The second-order valence-electron chi connectivity index (χ2n) is 2.08. The van der Waals surface area contributed by atoms with E-state index in [0.717, 1.165) is 31.0 Å². The SMILES string of the molecule is C#CCSCCNCCCO. The largest absolute Gasteiger partial charge is 0.396 e. The summed E-state index contributed by atoms with van der Waals surface area (Å²) in [5.74, 6) is 4.41. The molecule has 0 saturated heterocycles. The molecule has 3 heteroatoms. The van der Waals surface area contributed by atoms with E-state index in [1.807, 2.05) is 0 Å². The lowest BCUT2D eigenvalue weighted by Gasteiger charge is -2.00. The van der Waals surface area contributed by atoms with Crippen molar-refractivity contribution in [3.05, 3.63) is 0 Å². The van der Waals surface area contributed by atoms with Gasteiger partial charge in [0.2, 0.25) is 0 Å². The zero-order valence-electron chi connectivity index (χ0n) is 6.68. The molecule has 0 heterocycles. The average Bonchev–Trinajstić information content (AvgIpc) is 2.03. The van der Waals surface area contributed by atoms with Gasteiger partial charge in [-0.15, -0.1) is 18.2 Å². The Balaban J connectivity index is 2.75. The van der Waals surface area contributed by atoms with Crippen molar-refractivity contribution < 1.29 is 5.11 Å². The third-order valence-corrected chi connectivity index (χ3v) is 1.98.